The van der Waals surface area contributed by atoms with Crippen LogP contribution in [-0.4, -0.2) is 28.6 Å². The van der Waals surface area contributed by atoms with Gasteiger partial charge in [0.25, 0.3) is 11.8 Å². The molecule has 0 bridgehead atoms. The number of hydrogen-bond acceptors (Lipinski definition) is 5. The molecule has 0 aromatic heterocycles. The van der Waals surface area contributed by atoms with E-state index in [1.807, 2.05) is 6.07 Å². The molecular formula is C19H15BrN2O4S. The quantitative estimate of drug-likeness (QED) is 0.427. The summed E-state index contributed by atoms with van der Waals surface area (Å²) in [7, 11) is 0. The van der Waals surface area contributed by atoms with E-state index in [4.69, 9.17) is 17.0 Å². The van der Waals surface area contributed by atoms with Crippen LogP contribution in [0.2, 0.25) is 0 Å². The third kappa shape index (κ3) is 3.86. The zero-order chi connectivity index (χ0) is 19.6. The van der Waals surface area contributed by atoms with Crippen molar-refractivity contribution in [1.82, 2.24) is 5.32 Å². The smallest absolute Gasteiger partial charge is 0.270 e. The van der Waals surface area contributed by atoms with Crippen molar-refractivity contribution in [3.8, 4) is 11.5 Å². The van der Waals surface area contributed by atoms with Crippen molar-refractivity contribution in [2.75, 3.05) is 11.5 Å². The van der Waals surface area contributed by atoms with Crippen LogP contribution in [0.3, 0.4) is 0 Å². The Hall–Kier alpha value is -2.71. The second kappa shape index (κ2) is 7.89. The molecule has 0 radical (unpaired) electrons. The number of anilines is 1. The molecule has 2 aromatic carbocycles. The monoisotopic (exact) mass is 446 g/mol. The lowest BCUT2D eigenvalue weighted by Crippen LogP contribution is -2.54. The maximum atomic E-state index is 12.9. The van der Waals surface area contributed by atoms with Gasteiger partial charge in [-0.3, -0.25) is 19.8 Å². The first-order chi connectivity index (χ1) is 12.9. The third-order valence-corrected chi connectivity index (χ3v) is 4.67. The summed E-state index contributed by atoms with van der Waals surface area (Å²) in [6.07, 6.45) is 1.43. The molecule has 1 heterocycles. The van der Waals surface area contributed by atoms with Gasteiger partial charge < -0.3 is 9.84 Å². The van der Waals surface area contributed by atoms with E-state index in [2.05, 4.69) is 21.2 Å². The van der Waals surface area contributed by atoms with Gasteiger partial charge in [-0.15, -0.1) is 0 Å². The largest absolute Gasteiger partial charge is 0.503 e. The molecule has 0 unspecified atom stereocenters. The van der Waals surface area contributed by atoms with Crippen molar-refractivity contribution in [3.05, 3.63) is 58.1 Å². The first-order valence-electron chi connectivity index (χ1n) is 8.04. The number of ether oxygens (including phenoxy) is 1. The van der Waals surface area contributed by atoms with Gasteiger partial charge in [0, 0.05) is 0 Å². The van der Waals surface area contributed by atoms with Crippen LogP contribution in [0.4, 0.5) is 5.69 Å². The van der Waals surface area contributed by atoms with Gasteiger partial charge in [-0.05, 0) is 71.0 Å². The van der Waals surface area contributed by atoms with E-state index >= 15 is 0 Å². The Bertz CT molecular complexity index is 960. The number of benzene rings is 2. The summed E-state index contributed by atoms with van der Waals surface area (Å²) in [6, 6.07) is 12.0. The van der Waals surface area contributed by atoms with Crippen molar-refractivity contribution >= 4 is 56.8 Å². The summed E-state index contributed by atoms with van der Waals surface area (Å²) < 4.78 is 5.77. The molecule has 0 atom stereocenters. The molecule has 1 aliphatic heterocycles. The lowest BCUT2D eigenvalue weighted by atomic mass is 10.1. The molecule has 1 saturated heterocycles. The van der Waals surface area contributed by atoms with Gasteiger partial charge in [0.05, 0.1) is 16.8 Å². The Balaban J connectivity index is 2.03. The molecule has 6 nitrogen and oxygen atoms in total. The highest BCUT2D eigenvalue weighted by Crippen LogP contribution is 2.36. The maximum absolute atomic E-state index is 12.9. The average molecular weight is 447 g/mol. The molecule has 1 fully saturated rings. The number of aromatic hydroxyl groups is 1. The van der Waals surface area contributed by atoms with Gasteiger partial charge >= 0.3 is 0 Å². The first-order valence-corrected chi connectivity index (χ1v) is 9.24. The molecule has 2 N–H and O–H groups in total. The number of halogens is 1. The molecular weight excluding hydrogens is 432 g/mol. The van der Waals surface area contributed by atoms with E-state index in [0.29, 0.717) is 22.3 Å². The molecule has 27 heavy (non-hydrogen) atoms. The fourth-order valence-corrected chi connectivity index (χ4v) is 3.32. The lowest BCUT2D eigenvalue weighted by molar-refractivity contribution is -0.122. The summed E-state index contributed by atoms with van der Waals surface area (Å²) in [5, 5.41) is 12.6. The van der Waals surface area contributed by atoms with Crippen molar-refractivity contribution in [1.29, 1.82) is 0 Å². The number of phenolic OH excluding ortho intramolecular Hbond substituents is 1. The summed E-state index contributed by atoms with van der Waals surface area (Å²) in [5.74, 6) is -0.917. The predicted octanol–water partition coefficient (Wildman–Crippen LogP) is 3.38. The molecule has 2 amide bonds. The Labute approximate surface area is 169 Å². The van der Waals surface area contributed by atoms with E-state index in [0.717, 1.165) is 0 Å². The Morgan fingerprint density at radius 3 is 2.63 bits per heavy atom. The van der Waals surface area contributed by atoms with Crippen LogP contribution < -0.4 is 15.0 Å². The second-order valence-corrected chi connectivity index (χ2v) is 6.82. The molecule has 2 aromatic rings. The number of amides is 2. The summed E-state index contributed by atoms with van der Waals surface area (Å²) >= 11 is 8.40. The van der Waals surface area contributed by atoms with Gasteiger partial charge in [-0.25, -0.2) is 0 Å². The highest BCUT2D eigenvalue weighted by atomic mass is 79.9. The predicted molar refractivity (Wildman–Crippen MR) is 110 cm³/mol. The summed E-state index contributed by atoms with van der Waals surface area (Å²) in [5.41, 5.74) is 0.996. The van der Waals surface area contributed by atoms with Gasteiger partial charge in [-0.1, -0.05) is 18.2 Å². The zero-order valence-electron chi connectivity index (χ0n) is 14.2. The average Bonchev–Trinajstić information content (AvgIpc) is 2.63. The third-order valence-electron chi connectivity index (χ3n) is 3.78. The van der Waals surface area contributed by atoms with E-state index in [9.17, 15) is 14.7 Å². The normalized spacial score (nSPS) is 15.9. The van der Waals surface area contributed by atoms with Crippen molar-refractivity contribution in [2.24, 2.45) is 0 Å². The van der Waals surface area contributed by atoms with Gasteiger partial charge in [0.1, 0.15) is 5.57 Å². The Kier molecular flexibility index (Phi) is 5.57. The van der Waals surface area contributed by atoms with Gasteiger partial charge in [0.2, 0.25) is 0 Å². The van der Waals surface area contributed by atoms with E-state index < -0.39 is 11.8 Å². The van der Waals surface area contributed by atoms with Crippen molar-refractivity contribution < 1.29 is 19.4 Å². The number of thiocarbonyl (C=S) groups is 1. The number of para-hydroxylation sites is 1. The standard InChI is InChI=1S/C19H15BrN2O4S/c1-2-26-15-10-11(9-14(20)16(15)23)8-13-17(24)21-19(27)22(18(13)25)12-6-4-3-5-7-12/h3-10,23H,2H2,1H3,(H,21,24,27). The van der Waals surface area contributed by atoms with E-state index in [1.165, 1.54) is 11.0 Å². The van der Waals surface area contributed by atoms with Gasteiger partial charge in [-0.2, -0.15) is 0 Å². The first kappa shape index (κ1) is 19.1. The Morgan fingerprint density at radius 2 is 1.96 bits per heavy atom. The minimum absolute atomic E-state index is 0.0234. The number of rotatable bonds is 4. The number of hydrogen-bond donors (Lipinski definition) is 2. The molecule has 3 rings (SSSR count). The lowest BCUT2D eigenvalue weighted by Gasteiger charge is -2.28. The van der Waals surface area contributed by atoms with E-state index in [1.54, 1.807) is 43.3 Å². The molecule has 0 spiro atoms. The van der Waals surface area contributed by atoms with Crippen LogP contribution in [0.15, 0.2) is 52.5 Å². The van der Waals surface area contributed by atoms with Crippen molar-refractivity contribution in [2.45, 2.75) is 6.92 Å². The number of phenols is 1. The molecule has 1 aliphatic rings. The van der Waals surface area contributed by atoms with Crippen LogP contribution in [0.1, 0.15) is 12.5 Å². The van der Waals surface area contributed by atoms with Crippen LogP contribution in [0.5, 0.6) is 11.5 Å². The second-order valence-electron chi connectivity index (χ2n) is 5.58. The van der Waals surface area contributed by atoms with Crippen molar-refractivity contribution in [3.63, 3.8) is 0 Å². The van der Waals surface area contributed by atoms with Gasteiger partial charge in [0.15, 0.2) is 16.6 Å². The molecule has 0 saturated carbocycles. The summed E-state index contributed by atoms with van der Waals surface area (Å²) in [6.45, 7) is 2.14. The Morgan fingerprint density at radius 1 is 1.26 bits per heavy atom. The molecule has 138 valence electrons. The highest BCUT2D eigenvalue weighted by molar-refractivity contribution is 9.10. The minimum Gasteiger partial charge on any atom is -0.503 e. The van der Waals surface area contributed by atoms with Crippen LogP contribution >= 0.6 is 28.1 Å². The fourth-order valence-electron chi connectivity index (χ4n) is 2.58. The number of carbonyl (C=O) groups is 2. The zero-order valence-corrected chi connectivity index (χ0v) is 16.6. The maximum Gasteiger partial charge on any atom is 0.270 e. The number of nitrogens with one attached hydrogen (secondary N) is 1. The van der Waals surface area contributed by atoms with Crippen LogP contribution in [0, 0.1) is 0 Å². The fraction of sp³-hybridized carbons (Fsp3) is 0.105. The SMILES string of the molecule is CCOc1cc(C=C2C(=O)NC(=S)N(c3ccccc3)C2=O)cc(Br)c1O. The number of carbonyl (C=O) groups excluding carboxylic acids is 2. The van der Waals surface area contributed by atoms with Crippen LogP contribution in [-0.2, 0) is 9.59 Å². The molecule has 0 aliphatic carbocycles. The minimum atomic E-state index is -0.584. The summed E-state index contributed by atoms with van der Waals surface area (Å²) in [4.78, 5) is 26.5. The van der Waals surface area contributed by atoms with E-state index in [-0.39, 0.29) is 22.2 Å². The van der Waals surface area contributed by atoms with Crippen LogP contribution in [0.25, 0.3) is 6.08 Å². The highest BCUT2D eigenvalue weighted by Gasteiger charge is 2.34. The molecule has 8 heteroatoms. The topological polar surface area (TPSA) is 78.9 Å². The number of nitrogens with zero attached hydrogens (tertiary/aromatic N) is 1.